The molecule has 10 heterocycles. The Morgan fingerprint density at radius 1 is 0.403 bits per heavy atom. The minimum atomic E-state index is -0.126. The van der Waals surface area contributed by atoms with Gasteiger partial charge in [0, 0.05) is 77.0 Å². The van der Waals surface area contributed by atoms with Crippen molar-refractivity contribution in [2.45, 2.75) is 189 Å². The van der Waals surface area contributed by atoms with E-state index < -0.39 is 0 Å². The van der Waals surface area contributed by atoms with Gasteiger partial charge in [-0.1, -0.05) is 158 Å². The maximum absolute atomic E-state index is 5.39. The van der Waals surface area contributed by atoms with Crippen molar-refractivity contribution in [1.82, 2.24) is 27.5 Å². The zero-order chi connectivity index (χ0) is 53.2. The van der Waals surface area contributed by atoms with Crippen molar-refractivity contribution in [3.8, 4) is 51.8 Å². The Morgan fingerprint density at radius 3 is 1.16 bits per heavy atom. The van der Waals surface area contributed by atoms with Crippen LogP contribution in [0.4, 0.5) is 0 Å². The van der Waals surface area contributed by atoms with Crippen molar-refractivity contribution in [3.63, 3.8) is 0 Å². The van der Waals surface area contributed by atoms with Crippen LogP contribution >= 0.6 is 91.5 Å². The summed E-state index contributed by atoms with van der Waals surface area (Å²) in [5.41, 5.74) is 10.8. The average Bonchev–Trinajstić information content (AvgIpc) is 4.37. The number of hydrogen-bond acceptors (Lipinski definition) is 14. The number of unbranched alkanes of at least 4 members (excludes halogenated alkanes) is 4. The molecule has 14 heteroatoms. The SMILES string of the molecule is CCCCC(CC)Cc1cc2sc(-c3cnc(-c4cc5c(s4)-c4sc(-c6ncc(-c7cc8sc(CC(CC)CCCC)cc8s7)c7nsnc67)cc4C5(CC(CC)CCCC)CC(CC)CCCC)c4nsnc34)cc2s1. The molecule has 0 spiro atoms. The molecule has 4 atom stereocenters. The average molecular weight is 1170 g/mol. The topological polar surface area (TPSA) is 77.3 Å². The lowest BCUT2D eigenvalue weighted by atomic mass is 9.65. The van der Waals surface area contributed by atoms with E-state index in [1.807, 2.05) is 68.0 Å². The summed E-state index contributed by atoms with van der Waals surface area (Å²) in [7, 11) is 0. The fraction of sp³-hybridized carbons (Fsp3) is 0.524. The first kappa shape index (κ1) is 55.6. The third-order valence-corrected chi connectivity index (χ3v) is 25.4. The molecular formula is C63H76N6S8. The molecule has 0 fully saturated rings. The fourth-order valence-electron chi connectivity index (χ4n) is 12.6. The lowest BCUT2D eigenvalue weighted by Crippen LogP contribution is -2.31. The first-order chi connectivity index (χ1) is 37.7. The van der Waals surface area contributed by atoms with Gasteiger partial charge in [-0.25, -0.2) is 0 Å². The molecule has 11 rings (SSSR count). The van der Waals surface area contributed by atoms with Crippen LogP contribution in [-0.4, -0.2) is 27.5 Å². The Labute approximate surface area is 489 Å². The number of rotatable bonds is 28. The third kappa shape index (κ3) is 11.1. The molecule has 0 N–H and O–H groups in total. The van der Waals surface area contributed by atoms with Crippen LogP contribution in [0, 0.1) is 23.7 Å². The van der Waals surface area contributed by atoms with Crippen LogP contribution < -0.4 is 0 Å². The second kappa shape index (κ2) is 24.8. The molecule has 0 bridgehead atoms. The first-order valence-electron chi connectivity index (χ1n) is 29.3. The summed E-state index contributed by atoms with van der Waals surface area (Å²) in [6, 6.07) is 14.8. The minimum Gasteiger partial charge on any atom is -0.252 e. The number of fused-ring (bicyclic) bond motifs is 7. The molecule has 0 saturated heterocycles. The zero-order valence-electron chi connectivity index (χ0n) is 46.5. The lowest BCUT2D eigenvalue weighted by Gasteiger charge is -2.37. The van der Waals surface area contributed by atoms with Gasteiger partial charge in [0.15, 0.2) is 0 Å². The van der Waals surface area contributed by atoms with E-state index in [0.717, 1.165) is 69.3 Å². The number of thiophene rings is 6. The van der Waals surface area contributed by atoms with E-state index >= 15 is 0 Å². The van der Waals surface area contributed by atoms with Crippen LogP contribution in [0.5, 0.6) is 0 Å². The van der Waals surface area contributed by atoms with E-state index in [1.165, 1.54) is 208 Å². The van der Waals surface area contributed by atoms with Crippen LogP contribution in [0.15, 0.2) is 48.8 Å². The molecule has 6 nitrogen and oxygen atoms in total. The first-order valence-corrected chi connectivity index (χ1v) is 35.7. The van der Waals surface area contributed by atoms with Crippen molar-refractivity contribution >= 4 is 132 Å². The zero-order valence-corrected chi connectivity index (χ0v) is 53.1. The molecule has 0 aromatic carbocycles. The van der Waals surface area contributed by atoms with Crippen LogP contribution in [0.25, 0.3) is 92.6 Å². The fourth-order valence-corrected chi connectivity index (χ4v) is 21.5. The predicted molar refractivity (Wildman–Crippen MR) is 344 cm³/mol. The predicted octanol–water partition coefficient (Wildman–Crippen LogP) is 22.8. The van der Waals surface area contributed by atoms with Gasteiger partial charge in [0.1, 0.15) is 33.5 Å². The van der Waals surface area contributed by atoms with E-state index in [0.29, 0.717) is 11.8 Å². The molecule has 10 aromatic heterocycles. The molecule has 77 heavy (non-hydrogen) atoms. The van der Waals surface area contributed by atoms with Crippen molar-refractivity contribution < 1.29 is 0 Å². The quantitative estimate of drug-likeness (QED) is 0.0486. The van der Waals surface area contributed by atoms with Crippen LogP contribution in [0.3, 0.4) is 0 Å². The highest BCUT2D eigenvalue weighted by molar-refractivity contribution is 7.30. The van der Waals surface area contributed by atoms with E-state index in [1.54, 1.807) is 0 Å². The molecule has 4 unspecified atom stereocenters. The second-order valence-corrected chi connectivity index (χ2v) is 30.0. The standard InChI is InChI=1S/C63H76N6S8/c1-9-17-21-37(13-5)25-41-27-49-51(70-41)31-47(72-49)43-35-64-57(59-55(43)66-76-68-59)53-29-45-61(74-53)62-46(63(45,33-39(15-7)23-19-11-3)34-40(16-8)24-20-12-4)30-54(75-62)58-60-56(67-77-69-60)44(36-65-58)48-32-52-50(73-48)28-42(71-52)26-38(14-6)22-18-10-2/h27-32,35-40H,9-26,33-34H2,1-8H3. The Balaban J connectivity index is 0.979. The molecule has 0 aliphatic heterocycles. The number of aromatic nitrogens is 6. The lowest BCUT2D eigenvalue weighted by molar-refractivity contribution is 0.266. The van der Waals surface area contributed by atoms with Gasteiger partial charge in [-0.3, -0.25) is 9.97 Å². The second-order valence-electron chi connectivity index (χ2n) is 22.3. The van der Waals surface area contributed by atoms with Gasteiger partial charge in [0.25, 0.3) is 0 Å². The van der Waals surface area contributed by atoms with E-state index in [-0.39, 0.29) is 5.41 Å². The Bertz CT molecular complexity index is 3280. The molecular weight excluding hydrogens is 1100 g/mol. The van der Waals surface area contributed by atoms with Crippen LogP contribution in [-0.2, 0) is 18.3 Å². The maximum atomic E-state index is 5.39. The molecule has 0 amide bonds. The van der Waals surface area contributed by atoms with Crippen molar-refractivity contribution in [1.29, 1.82) is 0 Å². The summed E-state index contributed by atoms with van der Waals surface area (Å²) in [6.07, 6.45) is 29.1. The smallest absolute Gasteiger partial charge is 0.132 e. The summed E-state index contributed by atoms with van der Waals surface area (Å²) < 4.78 is 25.7. The van der Waals surface area contributed by atoms with Crippen LogP contribution in [0.1, 0.15) is 192 Å². The van der Waals surface area contributed by atoms with Gasteiger partial charge < -0.3 is 0 Å². The number of hydrogen-bond donors (Lipinski definition) is 0. The van der Waals surface area contributed by atoms with E-state index in [2.05, 4.69) is 104 Å². The molecule has 406 valence electrons. The number of nitrogens with zero attached hydrogens (tertiary/aromatic N) is 6. The third-order valence-electron chi connectivity index (χ3n) is 17.2. The van der Waals surface area contributed by atoms with Crippen molar-refractivity contribution in [2.24, 2.45) is 23.7 Å². The van der Waals surface area contributed by atoms with E-state index in [4.69, 9.17) is 27.5 Å². The van der Waals surface area contributed by atoms with Gasteiger partial charge in [0.2, 0.25) is 0 Å². The van der Waals surface area contributed by atoms with Gasteiger partial charge in [-0.2, -0.15) is 17.5 Å². The van der Waals surface area contributed by atoms with Crippen molar-refractivity contribution in [3.05, 3.63) is 69.7 Å². The molecule has 1 aliphatic rings. The summed E-state index contributed by atoms with van der Waals surface area (Å²) in [4.78, 5) is 21.5. The summed E-state index contributed by atoms with van der Waals surface area (Å²) >= 11 is 14.2. The summed E-state index contributed by atoms with van der Waals surface area (Å²) in [5.74, 6) is 2.78. The highest BCUT2D eigenvalue weighted by Gasteiger charge is 2.48. The highest BCUT2D eigenvalue weighted by atomic mass is 32.1. The maximum Gasteiger partial charge on any atom is 0.132 e. The van der Waals surface area contributed by atoms with E-state index in [9.17, 15) is 0 Å². The molecule has 0 radical (unpaired) electrons. The summed E-state index contributed by atoms with van der Waals surface area (Å²) in [5, 5.41) is 0. The van der Waals surface area contributed by atoms with Gasteiger partial charge >= 0.3 is 0 Å². The monoisotopic (exact) mass is 1170 g/mol. The van der Waals surface area contributed by atoms with Gasteiger partial charge in [0.05, 0.1) is 33.2 Å². The minimum absolute atomic E-state index is 0.126. The Hall–Kier alpha value is -3.34. The summed E-state index contributed by atoms with van der Waals surface area (Å²) in [6.45, 7) is 18.9. The Kier molecular flexibility index (Phi) is 17.9. The largest absolute Gasteiger partial charge is 0.252 e. The van der Waals surface area contributed by atoms with Gasteiger partial charge in [-0.05, 0) is 96.9 Å². The molecule has 1 aliphatic carbocycles. The van der Waals surface area contributed by atoms with Crippen molar-refractivity contribution in [2.75, 3.05) is 0 Å². The Morgan fingerprint density at radius 2 is 0.779 bits per heavy atom. The van der Waals surface area contributed by atoms with Gasteiger partial charge in [-0.15, -0.1) is 68.0 Å². The normalized spacial score (nSPS) is 16.2. The van der Waals surface area contributed by atoms with Crippen LogP contribution in [0.2, 0.25) is 0 Å². The number of pyridine rings is 2. The molecule has 10 aromatic rings. The molecule has 0 saturated carbocycles. The highest BCUT2D eigenvalue weighted by Crippen LogP contribution is 2.63.